The number of rotatable bonds is 4. The fraction of sp³-hybridized carbons (Fsp3) is 0.727. The standard InChI is InChI=1S/C11H21N5O2S/c1-15-5-3-11(9-12,4-6-15)14-19(17,18)10-7-13-16(2)8-10/h7-8,14H,3-6,9,12H2,1-2H3. The Bertz CT molecular complexity index is 531. The van der Waals surface area contributed by atoms with Gasteiger partial charge in [0.25, 0.3) is 0 Å². The van der Waals surface area contributed by atoms with Gasteiger partial charge < -0.3 is 10.6 Å². The average Bonchev–Trinajstić information content (AvgIpc) is 2.80. The first-order valence-corrected chi connectivity index (χ1v) is 7.76. The summed E-state index contributed by atoms with van der Waals surface area (Å²) in [5, 5.41) is 3.89. The van der Waals surface area contributed by atoms with E-state index in [0.717, 1.165) is 25.9 Å². The summed E-state index contributed by atoms with van der Waals surface area (Å²) in [5.74, 6) is 0. The Morgan fingerprint density at radius 2 is 2.05 bits per heavy atom. The summed E-state index contributed by atoms with van der Waals surface area (Å²) in [6.45, 7) is 1.99. The summed E-state index contributed by atoms with van der Waals surface area (Å²) in [4.78, 5) is 2.36. The quantitative estimate of drug-likeness (QED) is 0.750. The van der Waals surface area contributed by atoms with E-state index in [2.05, 4.69) is 14.7 Å². The van der Waals surface area contributed by atoms with Gasteiger partial charge in [0, 0.05) is 25.3 Å². The van der Waals surface area contributed by atoms with E-state index in [1.807, 2.05) is 7.05 Å². The fourth-order valence-electron chi connectivity index (χ4n) is 2.28. The lowest BCUT2D eigenvalue weighted by atomic mass is 9.89. The van der Waals surface area contributed by atoms with Crippen LogP contribution in [0.4, 0.5) is 0 Å². The zero-order chi connectivity index (χ0) is 14.1. The lowest BCUT2D eigenvalue weighted by Gasteiger charge is -2.40. The van der Waals surface area contributed by atoms with Crippen LogP contribution in [0.25, 0.3) is 0 Å². The molecule has 19 heavy (non-hydrogen) atoms. The molecule has 0 bridgehead atoms. The molecule has 1 aromatic rings. The molecule has 108 valence electrons. The molecule has 0 aromatic carbocycles. The highest BCUT2D eigenvalue weighted by Gasteiger charge is 2.36. The Morgan fingerprint density at radius 3 is 2.53 bits per heavy atom. The van der Waals surface area contributed by atoms with Crippen LogP contribution in [0.2, 0.25) is 0 Å². The van der Waals surface area contributed by atoms with Crippen LogP contribution in [0.15, 0.2) is 17.3 Å². The van der Waals surface area contributed by atoms with Crippen LogP contribution in [-0.4, -0.2) is 55.3 Å². The molecule has 3 N–H and O–H groups in total. The molecule has 2 heterocycles. The van der Waals surface area contributed by atoms with Crippen molar-refractivity contribution in [3.63, 3.8) is 0 Å². The van der Waals surface area contributed by atoms with Crippen molar-refractivity contribution >= 4 is 10.0 Å². The monoisotopic (exact) mass is 287 g/mol. The van der Waals surface area contributed by atoms with Crippen molar-refractivity contribution in [3.8, 4) is 0 Å². The third kappa shape index (κ3) is 3.14. The molecule has 1 aliphatic rings. The van der Waals surface area contributed by atoms with E-state index in [9.17, 15) is 8.42 Å². The van der Waals surface area contributed by atoms with Gasteiger partial charge in [0.1, 0.15) is 4.90 Å². The van der Waals surface area contributed by atoms with E-state index in [-0.39, 0.29) is 4.90 Å². The van der Waals surface area contributed by atoms with Crippen molar-refractivity contribution in [2.45, 2.75) is 23.3 Å². The highest BCUT2D eigenvalue weighted by Crippen LogP contribution is 2.23. The number of nitrogens with zero attached hydrogens (tertiary/aromatic N) is 3. The van der Waals surface area contributed by atoms with Gasteiger partial charge in [0.05, 0.1) is 6.20 Å². The van der Waals surface area contributed by atoms with Gasteiger partial charge in [0.15, 0.2) is 0 Å². The second-order valence-electron chi connectivity index (χ2n) is 5.24. The van der Waals surface area contributed by atoms with Crippen LogP contribution in [-0.2, 0) is 17.1 Å². The predicted molar refractivity (Wildman–Crippen MR) is 72.0 cm³/mol. The predicted octanol–water partition coefficient (Wildman–Crippen LogP) is -0.878. The molecule has 1 saturated heterocycles. The fourth-order valence-corrected chi connectivity index (χ4v) is 3.73. The highest BCUT2D eigenvalue weighted by molar-refractivity contribution is 7.89. The van der Waals surface area contributed by atoms with Crippen LogP contribution < -0.4 is 10.5 Å². The highest BCUT2D eigenvalue weighted by atomic mass is 32.2. The van der Waals surface area contributed by atoms with Gasteiger partial charge in [0.2, 0.25) is 10.0 Å². The van der Waals surface area contributed by atoms with Crippen molar-refractivity contribution in [2.24, 2.45) is 12.8 Å². The maximum absolute atomic E-state index is 12.3. The van der Waals surface area contributed by atoms with Crippen molar-refractivity contribution < 1.29 is 8.42 Å². The maximum atomic E-state index is 12.3. The average molecular weight is 287 g/mol. The van der Waals surface area contributed by atoms with Crippen molar-refractivity contribution in [1.82, 2.24) is 19.4 Å². The summed E-state index contributed by atoms with van der Waals surface area (Å²) in [5.41, 5.74) is 5.27. The van der Waals surface area contributed by atoms with Crippen LogP contribution in [0.5, 0.6) is 0 Å². The zero-order valence-electron chi connectivity index (χ0n) is 11.3. The number of hydrogen-bond acceptors (Lipinski definition) is 5. The first-order valence-electron chi connectivity index (χ1n) is 6.28. The molecule has 0 atom stereocenters. The summed E-state index contributed by atoms with van der Waals surface area (Å²) in [7, 11) is 0.153. The van der Waals surface area contributed by atoms with Crippen LogP contribution in [0.1, 0.15) is 12.8 Å². The SMILES string of the molecule is CN1CCC(CN)(NS(=O)(=O)c2cnn(C)c2)CC1. The van der Waals surface area contributed by atoms with E-state index >= 15 is 0 Å². The van der Waals surface area contributed by atoms with E-state index in [0.29, 0.717) is 6.54 Å². The number of aromatic nitrogens is 2. The molecule has 0 radical (unpaired) electrons. The number of piperidine rings is 1. The number of likely N-dealkylation sites (tertiary alicyclic amines) is 1. The Kier molecular flexibility index (Phi) is 3.95. The number of sulfonamides is 1. The number of nitrogens with one attached hydrogen (secondary N) is 1. The van der Waals surface area contributed by atoms with E-state index < -0.39 is 15.6 Å². The van der Waals surface area contributed by atoms with Gasteiger partial charge in [-0.25, -0.2) is 13.1 Å². The minimum Gasteiger partial charge on any atom is -0.329 e. The largest absolute Gasteiger partial charge is 0.329 e. The van der Waals surface area contributed by atoms with Crippen molar-refractivity contribution in [3.05, 3.63) is 12.4 Å². The minimum absolute atomic E-state index is 0.182. The molecular weight excluding hydrogens is 266 g/mol. The first kappa shape index (κ1) is 14.4. The maximum Gasteiger partial charge on any atom is 0.244 e. The Balaban J connectivity index is 2.18. The molecular formula is C11H21N5O2S. The number of hydrogen-bond donors (Lipinski definition) is 2. The third-order valence-electron chi connectivity index (χ3n) is 3.68. The number of nitrogens with two attached hydrogens (primary N) is 1. The van der Waals surface area contributed by atoms with Gasteiger partial charge in [-0.15, -0.1) is 0 Å². The van der Waals surface area contributed by atoms with Crippen LogP contribution >= 0.6 is 0 Å². The molecule has 2 rings (SSSR count). The van der Waals surface area contributed by atoms with E-state index in [1.54, 1.807) is 7.05 Å². The van der Waals surface area contributed by atoms with Crippen molar-refractivity contribution in [1.29, 1.82) is 0 Å². The molecule has 1 fully saturated rings. The zero-order valence-corrected chi connectivity index (χ0v) is 12.2. The smallest absolute Gasteiger partial charge is 0.244 e. The molecule has 0 amide bonds. The van der Waals surface area contributed by atoms with E-state index in [4.69, 9.17) is 5.73 Å². The van der Waals surface area contributed by atoms with Crippen LogP contribution in [0, 0.1) is 0 Å². The Labute approximate surface area is 113 Å². The third-order valence-corrected chi connectivity index (χ3v) is 5.21. The normalized spacial score (nSPS) is 20.6. The lowest BCUT2D eigenvalue weighted by Crippen LogP contribution is -2.58. The molecule has 0 spiro atoms. The molecule has 8 heteroatoms. The number of aryl methyl sites for hydroxylation is 1. The van der Waals surface area contributed by atoms with Crippen LogP contribution in [0.3, 0.4) is 0 Å². The molecule has 1 aromatic heterocycles. The lowest BCUT2D eigenvalue weighted by molar-refractivity contribution is 0.182. The Morgan fingerprint density at radius 1 is 1.42 bits per heavy atom. The summed E-state index contributed by atoms with van der Waals surface area (Å²) in [6.07, 6.45) is 4.28. The van der Waals surface area contributed by atoms with E-state index in [1.165, 1.54) is 17.1 Å². The van der Waals surface area contributed by atoms with Gasteiger partial charge in [-0.1, -0.05) is 0 Å². The van der Waals surface area contributed by atoms with Gasteiger partial charge in [-0.2, -0.15) is 5.10 Å². The molecule has 0 aliphatic carbocycles. The van der Waals surface area contributed by atoms with Gasteiger partial charge >= 0.3 is 0 Å². The molecule has 7 nitrogen and oxygen atoms in total. The summed E-state index contributed by atoms with van der Waals surface area (Å²) in [6, 6.07) is 0. The first-order chi connectivity index (χ1) is 8.87. The van der Waals surface area contributed by atoms with Gasteiger partial charge in [-0.05, 0) is 33.0 Å². The second kappa shape index (κ2) is 5.20. The minimum atomic E-state index is -3.56. The van der Waals surface area contributed by atoms with Gasteiger partial charge in [-0.3, -0.25) is 4.68 Å². The topological polar surface area (TPSA) is 93.2 Å². The summed E-state index contributed by atoms with van der Waals surface area (Å²) >= 11 is 0. The summed E-state index contributed by atoms with van der Waals surface area (Å²) < 4.78 is 28.9. The molecule has 0 saturated carbocycles. The molecule has 0 unspecified atom stereocenters. The molecule has 1 aliphatic heterocycles. The Hall–Kier alpha value is -0.960. The van der Waals surface area contributed by atoms with Crippen molar-refractivity contribution in [2.75, 3.05) is 26.7 Å². The second-order valence-corrected chi connectivity index (χ2v) is 6.93.